The summed E-state index contributed by atoms with van der Waals surface area (Å²) in [5.41, 5.74) is -0.254. The van der Waals surface area contributed by atoms with E-state index in [1.54, 1.807) is 11.6 Å². The van der Waals surface area contributed by atoms with Gasteiger partial charge in [0.1, 0.15) is 5.56 Å². The molecular formula is C12H13N3O2S. The Morgan fingerprint density at radius 1 is 1.61 bits per heavy atom. The summed E-state index contributed by atoms with van der Waals surface area (Å²) in [5, 5.41) is 4.45. The second kappa shape index (κ2) is 5.59. The second-order valence-corrected chi connectivity index (χ2v) is 4.52. The molecule has 1 amide bonds. The molecule has 2 aromatic rings. The van der Waals surface area contributed by atoms with Crippen molar-refractivity contribution in [2.45, 2.75) is 13.3 Å². The van der Waals surface area contributed by atoms with E-state index in [1.165, 1.54) is 21.9 Å². The monoisotopic (exact) mass is 263 g/mol. The van der Waals surface area contributed by atoms with Crippen molar-refractivity contribution >= 4 is 22.2 Å². The SMILES string of the molecule is C/C=C/CCNC(=O)c1cnc2sccn2c1=O. The van der Waals surface area contributed by atoms with Gasteiger partial charge in [0.2, 0.25) is 0 Å². The number of rotatable bonds is 4. The minimum Gasteiger partial charge on any atom is -0.352 e. The molecule has 94 valence electrons. The molecule has 0 aliphatic heterocycles. The maximum absolute atomic E-state index is 12.0. The fourth-order valence-electron chi connectivity index (χ4n) is 1.51. The van der Waals surface area contributed by atoms with Crippen molar-refractivity contribution in [3.8, 4) is 0 Å². The third-order valence-electron chi connectivity index (χ3n) is 2.42. The number of allylic oxidation sites excluding steroid dienone is 1. The molecule has 18 heavy (non-hydrogen) atoms. The van der Waals surface area contributed by atoms with E-state index in [0.717, 1.165) is 6.42 Å². The van der Waals surface area contributed by atoms with Gasteiger partial charge in [-0.05, 0) is 13.3 Å². The quantitative estimate of drug-likeness (QED) is 0.671. The van der Waals surface area contributed by atoms with Gasteiger partial charge in [0.05, 0.1) is 0 Å². The number of nitrogens with zero attached hydrogens (tertiary/aromatic N) is 2. The number of amides is 1. The molecule has 0 radical (unpaired) electrons. The summed E-state index contributed by atoms with van der Waals surface area (Å²) >= 11 is 1.36. The van der Waals surface area contributed by atoms with Crippen LogP contribution in [-0.4, -0.2) is 21.8 Å². The van der Waals surface area contributed by atoms with Gasteiger partial charge in [-0.3, -0.25) is 14.0 Å². The highest BCUT2D eigenvalue weighted by atomic mass is 32.1. The van der Waals surface area contributed by atoms with Crippen molar-refractivity contribution in [2.75, 3.05) is 6.54 Å². The number of carbonyl (C=O) groups is 1. The van der Waals surface area contributed by atoms with Gasteiger partial charge in [0, 0.05) is 24.3 Å². The molecule has 0 bridgehead atoms. The number of carbonyl (C=O) groups excluding carboxylic acids is 1. The van der Waals surface area contributed by atoms with E-state index in [2.05, 4.69) is 10.3 Å². The molecule has 0 aliphatic rings. The number of nitrogens with one attached hydrogen (secondary N) is 1. The third kappa shape index (κ3) is 2.48. The lowest BCUT2D eigenvalue weighted by Crippen LogP contribution is -2.31. The van der Waals surface area contributed by atoms with Crippen LogP contribution in [0.1, 0.15) is 23.7 Å². The minimum atomic E-state index is -0.377. The molecule has 0 spiro atoms. The van der Waals surface area contributed by atoms with Gasteiger partial charge in [0.15, 0.2) is 4.96 Å². The summed E-state index contributed by atoms with van der Waals surface area (Å²) in [7, 11) is 0. The topological polar surface area (TPSA) is 63.5 Å². The molecule has 1 N–H and O–H groups in total. The summed E-state index contributed by atoms with van der Waals surface area (Å²) in [5.74, 6) is -0.377. The molecule has 0 unspecified atom stereocenters. The Morgan fingerprint density at radius 3 is 3.22 bits per heavy atom. The molecule has 5 nitrogen and oxygen atoms in total. The Kier molecular flexibility index (Phi) is 3.88. The van der Waals surface area contributed by atoms with Crippen LogP contribution < -0.4 is 10.9 Å². The van der Waals surface area contributed by atoms with E-state index in [9.17, 15) is 9.59 Å². The molecule has 0 saturated heterocycles. The first kappa shape index (κ1) is 12.5. The minimum absolute atomic E-state index is 0.0754. The smallest absolute Gasteiger partial charge is 0.271 e. The molecule has 0 fully saturated rings. The molecule has 0 aliphatic carbocycles. The van der Waals surface area contributed by atoms with Crippen molar-refractivity contribution < 1.29 is 4.79 Å². The molecule has 2 heterocycles. The second-order valence-electron chi connectivity index (χ2n) is 3.65. The molecule has 0 atom stereocenters. The van der Waals surface area contributed by atoms with Crippen LogP contribution in [0.4, 0.5) is 0 Å². The maximum atomic E-state index is 12.0. The molecular weight excluding hydrogens is 250 g/mol. The molecule has 6 heteroatoms. The number of thiazole rings is 1. The first-order chi connectivity index (χ1) is 8.74. The van der Waals surface area contributed by atoms with Crippen molar-refractivity contribution in [2.24, 2.45) is 0 Å². The zero-order valence-electron chi connectivity index (χ0n) is 9.92. The van der Waals surface area contributed by atoms with E-state index < -0.39 is 0 Å². The van der Waals surface area contributed by atoms with Gasteiger partial charge in [-0.2, -0.15) is 0 Å². The van der Waals surface area contributed by atoms with Gasteiger partial charge >= 0.3 is 0 Å². The molecule has 0 aromatic carbocycles. The van der Waals surface area contributed by atoms with Gasteiger partial charge in [-0.1, -0.05) is 12.2 Å². The van der Waals surface area contributed by atoms with E-state index in [0.29, 0.717) is 11.5 Å². The predicted molar refractivity (Wildman–Crippen MR) is 71.1 cm³/mol. The van der Waals surface area contributed by atoms with E-state index >= 15 is 0 Å². The van der Waals surface area contributed by atoms with Crippen LogP contribution in [0.5, 0.6) is 0 Å². The van der Waals surface area contributed by atoms with Crippen molar-refractivity contribution in [1.82, 2.24) is 14.7 Å². The predicted octanol–water partition coefficient (Wildman–Crippen LogP) is 1.45. The van der Waals surface area contributed by atoms with Crippen molar-refractivity contribution in [1.29, 1.82) is 0 Å². The van der Waals surface area contributed by atoms with Crippen molar-refractivity contribution in [3.05, 3.63) is 45.8 Å². The van der Waals surface area contributed by atoms with Gasteiger partial charge in [-0.15, -0.1) is 11.3 Å². The summed E-state index contributed by atoms with van der Waals surface area (Å²) in [6.45, 7) is 2.43. The Bertz CT molecular complexity index is 642. The highest BCUT2D eigenvalue weighted by Gasteiger charge is 2.12. The number of hydrogen-bond acceptors (Lipinski definition) is 4. The largest absolute Gasteiger partial charge is 0.352 e. The summed E-state index contributed by atoms with van der Waals surface area (Å²) in [6.07, 6.45) is 7.57. The Balaban J connectivity index is 2.17. The van der Waals surface area contributed by atoms with Crippen LogP contribution in [0, 0.1) is 0 Å². The van der Waals surface area contributed by atoms with Crippen LogP contribution in [-0.2, 0) is 0 Å². The van der Waals surface area contributed by atoms with Crippen LogP contribution in [0.3, 0.4) is 0 Å². The molecule has 2 aromatic heterocycles. The fraction of sp³-hybridized carbons (Fsp3) is 0.250. The Labute approximate surface area is 108 Å². The van der Waals surface area contributed by atoms with Crippen LogP contribution in [0.25, 0.3) is 4.96 Å². The van der Waals surface area contributed by atoms with E-state index in [1.807, 2.05) is 19.1 Å². The number of aromatic nitrogens is 2. The number of hydrogen-bond donors (Lipinski definition) is 1. The summed E-state index contributed by atoms with van der Waals surface area (Å²) < 4.78 is 1.38. The van der Waals surface area contributed by atoms with E-state index in [4.69, 9.17) is 0 Å². The van der Waals surface area contributed by atoms with Gasteiger partial charge < -0.3 is 5.32 Å². The first-order valence-electron chi connectivity index (χ1n) is 5.58. The zero-order chi connectivity index (χ0) is 13.0. The average Bonchev–Trinajstić information content (AvgIpc) is 2.84. The lowest BCUT2D eigenvalue weighted by molar-refractivity contribution is 0.0952. The maximum Gasteiger partial charge on any atom is 0.271 e. The van der Waals surface area contributed by atoms with E-state index in [-0.39, 0.29) is 17.0 Å². The van der Waals surface area contributed by atoms with Gasteiger partial charge in [0.25, 0.3) is 11.5 Å². The lowest BCUT2D eigenvalue weighted by atomic mass is 10.3. The lowest BCUT2D eigenvalue weighted by Gasteiger charge is -2.02. The first-order valence-corrected chi connectivity index (χ1v) is 6.46. The number of fused-ring (bicyclic) bond motifs is 1. The Morgan fingerprint density at radius 2 is 2.44 bits per heavy atom. The average molecular weight is 263 g/mol. The molecule has 2 rings (SSSR count). The summed E-state index contributed by atoms with van der Waals surface area (Å²) in [6, 6.07) is 0. The van der Waals surface area contributed by atoms with Crippen LogP contribution >= 0.6 is 11.3 Å². The highest BCUT2D eigenvalue weighted by molar-refractivity contribution is 7.15. The van der Waals surface area contributed by atoms with Gasteiger partial charge in [-0.25, -0.2) is 4.98 Å². The Hall–Kier alpha value is -1.95. The fourth-order valence-corrected chi connectivity index (χ4v) is 2.19. The molecule has 0 saturated carbocycles. The standard InChI is InChI=1S/C12H13N3O2S/c1-2-3-4-5-13-10(16)9-8-14-12-15(11(9)17)6-7-18-12/h2-3,6-8H,4-5H2,1H3,(H,13,16)/b3-2+. The highest BCUT2D eigenvalue weighted by Crippen LogP contribution is 2.05. The van der Waals surface area contributed by atoms with Crippen LogP contribution in [0.2, 0.25) is 0 Å². The third-order valence-corrected chi connectivity index (χ3v) is 3.19. The van der Waals surface area contributed by atoms with Crippen LogP contribution in [0.15, 0.2) is 34.7 Å². The summed E-state index contributed by atoms with van der Waals surface area (Å²) in [4.78, 5) is 28.4. The van der Waals surface area contributed by atoms with Crippen molar-refractivity contribution in [3.63, 3.8) is 0 Å². The normalized spacial score (nSPS) is 11.2. The zero-order valence-corrected chi connectivity index (χ0v) is 10.7.